The lowest BCUT2D eigenvalue weighted by atomic mass is 10.1. The smallest absolute Gasteiger partial charge is 0.356 e. The van der Waals surface area contributed by atoms with E-state index in [0.29, 0.717) is 30.8 Å². The van der Waals surface area contributed by atoms with E-state index in [0.717, 1.165) is 44.7 Å². The van der Waals surface area contributed by atoms with Crippen LogP contribution in [0.3, 0.4) is 0 Å². The van der Waals surface area contributed by atoms with Gasteiger partial charge in [0, 0.05) is 20.1 Å². The van der Waals surface area contributed by atoms with Crippen molar-refractivity contribution >= 4 is 45.0 Å². The summed E-state index contributed by atoms with van der Waals surface area (Å²) in [5.41, 5.74) is 8.93. The zero-order valence-electron chi connectivity index (χ0n) is 26.8. The number of methoxy groups -OCH3 is 3. The average molecular weight is 671 g/mol. The van der Waals surface area contributed by atoms with Crippen LogP contribution in [0.5, 0.6) is 0 Å². The fraction of sp³-hybridized carbons (Fsp3) is 0.258. The first kappa shape index (κ1) is 34.2. The predicted molar refractivity (Wildman–Crippen MR) is 175 cm³/mol. The molecule has 8 rings (SSSR count). The van der Waals surface area contributed by atoms with E-state index in [1.54, 1.807) is 63.1 Å². The molecule has 49 heavy (non-hydrogen) atoms. The topological polar surface area (TPSA) is 247 Å². The Morgan fingerprint density at radius 3 is 1.90 bits per heavy atom. The maximum Gasteiger partial charge on any atom is 0.356 e. The maximum atomic E-state index is 11.2. The zero-order valence-corrected chi connectivity index (χ0v) is 26.8. The summed E-state index contributed by atoms with van der Waals surface area (Å²) in [5.74, 6) is -0.682. The Labute approximate surface area is 278 Å². The standard InChI is InChI=1S/C8H11N3O2.C8H7N3O2.C8H9N3O.C7H7N3O/c2*1-13-8(12)6-2-5-7(3-9-6)11-4-10-5;1-12-4-6-2-7-8(3-9-6)11-5-10-7;11-3-5-1-6-7(2-8-5)10-4-9-6/h4,6,9H,2-3H2,1H3,(H,10,11);2-4H,1H3,(H,10,11);2-3,5H,4H2,1H3,(H,10,11);1-2,4,11H,3H2,(H,9,10)/t6-;;;/m0.../s1. The molecule has 0 amide bonds. The number of carbonyl (C=O) groups excluding carboxylic acids is 2. The van der Waals surface area contributed by atoms with E-state index in [4.69, 9.17) is 9.84 Å². The molecule has 0 saturated carbocycles. The Morgan fingerprint density at radius 2 is 1.31 bits per heavy atom. The van der Waals surface area contributed by atoms with Gasteiger partial charge in [-0.1, -0.05) is 0 Å². The van der Waals surface area contributed by atoms with Gasteiger partial charge in [0.15, 0.2) is 5.69 Å². The van der Waals surface area contributed by atoms with Crippen molar-refractivity contribution in [2.75, 3.05) is 21.3 Å². The van der Waals surface area contributed by atoms with Gasteiger partial charge in [0.2, 0.25) is 0 Å². The Hall–Kier alpha value is -6.11. The Balaban J connectivity index is 0.000000128. The fourth-order valence-electron chi connectivity index (χ4n) is 4.59. The number of ether oxygens (including phenoxy) is 3. The number of aliphatic hydroxyl groups is 1. The fourth-order valence-corrected chi connectivity index (χ4v) is 4.59. The lowest BCUT2D eigenvalue weighted by Crippen LogP contribution is -2.42. The van der Waals surface area contributed by atoms with Crippen LogP contribution in [0, 0.1) is 0 Å². The molecule has 6 N–H and O–H groups in total. The molecule has 1 atom stereocenters. The molecule has 18 nitrogen and oxygen atoms in total. The minimum atomic E-state index is -0.454. The van der Waals surface area contributed by atoms with Crippen LogP contribution < -0.4 is 5.32 Å². The predicted octanol–water partition coefficient (Wildman–Crippen LogP) is 1.90. The van der Waals surface area contributed by atoms with Gasteiger partial charge < -0.3 is 39.3 Å². The number of esters is 2. The van der Waals surface area contributed by atoms with Crippen molar-refractivity contribution in [3.63, 3.8) is 0 Å². The third-order valence-electron chi connectivity index (χ3n) is 7.10. The van der Waals surface area contributed by atoms with E-state index in [-0.39, 0.29) is 24.3 Å². The van der Waals surface area contributed by atoms with Crippen LogP contribution in [-0.4, -0.2) is 99.2 Å². The minimum absolute atomic E-state index is 0.0389. The average Bonchev–Trinajstić information content (AvgIpc) is 3.98. The van der Waals surface area contributed by atoms with E-state index in [1.807, 2.05) is 6.07 Å². The quantitative estimate of drug-likeness (QED) is 0.143. The number of nitrogens with zero attached hydrogens (tertiary/aromatic N) is 7. The highest BCUT2D eigenvalue weighted by Crippen LogP contribution is 2.13. The molecule has 0 saturated heterocycles. The van der Waals surface area contributed by atoms with E-state index in [9.17, 15) is 9.59 Å². The number of aliphatic hydroxyl groups excluding tert-OH is 1. The molecule has 0 aromatic carbocycles. The molecule has 0 unspecified atom stereocenters. The summed E-state index contributed by atoms with van der Waals surface area (Å²) in [7, 11) is 4.36. The van der Waals surface area contributed by atoms with E-state index < -0.39 is 5.97 Å². The van der Waals surface area contributed by atoms with Crippen molar-refractivity contribution in [3.05, 3.63) is 90.6 Å². The second kappa shape index (κ2) is 16.6. The van der Waals surface area contributed by atoms with E-state index in [2.05, 4.69) is 69.6 Å². The monoisotopic (exact) mass is 670 g/mol. The molecule has 0 radical (unpaired) electrons. The molecule has 0 spiro atoms. The summed E-state index contributed by atoms with van der Waals surface area (Å²) in [6.07, 6.45) is 12.0. The number of pyridine rings is 3. The van der Waals surface area contributed by atoms with Crippen molar-refractivity contribution in [2.45, 2.75) is 32.2 Å². The van der Waals surface area contributed by atoms with Crippen molar-refractivity contribution in [2.24, 2.45) is 0 Å². The van der Waals surface area contributed by atoms with Crippen LogP contribution in [0.25, 0.3) is 33.1 Å². The molecule has 7 aromatic rings. The van der Waals surface area contributed by atoms with Crippen LogP contribution in [0.1, 0.15) is 33.3 Å². The number of fused-ring (bicyclic) bond motifs is 4. The highest BCUT2D eigenvalue weighted by atomic mass is 16.5. The van der Waals surface area contributed by atoms with E-state index >= 15 is 0 Å². The lowest BCUT2D eigenvalue weighted by Gasteiger charge is -2.20. The van der Waals surface area contributed by atoms with Gasteiger partial charge in [-0.25, -0.2) is 29.7 Å². The van der Waals surface area contributed by atoms with Gasteiger partial charge in [-0.05, 0) is 18.2 Å². The summed E-state index contributed by atoms with van der Waals surface area (Å²) in [6, 6.07) is 5.00. The second-order valence-electron chi connectivity index (χ2n) is 10.3. The number of aromatic amines is 4. The van der Waals surface area contributed by atoms with Gasteiger partial charge in [0.05, 0.1) is 127 Å². The van der Waals surface area contributed by atoms with Gasteiger partial charge >= 0.3 is 11.9 Å². The number of rotatable bonds is 5. The minimum Gasteiger partial charge on any atom is -0.468 e. The van der Waals surface area contributed by atoms with Crippen LogP contribution in [0.4, 0.5) is 0 Å². The van der Waals surface area contributed by atoms with Gasteiger partial charge in [0.1, 0.15) is 6.04 Å². The molecular weight excluding hydrogens is 636 g/mol. The third-order valence-corrected chi connectivity index (χ3v) is 7.10. The summed E-state index contributed by atoms with van der Waals surface area (Å²) in [6.45, 7) is 1.14. The Morgan fingerprint density at radius 1 is 0.735 bits per heavy atom. The number of imidazole rings is 4. The van der Waals surface area contributed by atoms with Gasteiger partial charge in [-0.3, -0.25) is 20.1 Å². The number of aromatic nitrogens is 11. The molecule has 8 heterocycles. The maximum absolute atomic E-state index is 11.2. The summed E-state index contributed by atoms with van der Waals surface area (Å²) < 4.78 is 14.1. The molecular formula is C31H34N12O6. The molecule has 7 aromatic heterocycles. The first-order chi connectivity index (χ1) is 23.9. The highest BCUT2D eigenvalue weighted by molar-refractivity contribution is 5.90. The van der Waals surface area contributed by atoms with Crippen molar-refractivity contribution in [1.82, 2.24) is 60.1 Å². The van der Waals surface area contributed by atoms with Crippen molar-refractivity contribution < 1.29 is 28.9 Å². The number of hydrogen-bond acceptors (Lipinski definition) is 14. The van der Waals surface area contributed by atoms with Crippen LogP contribution >= 0.6 is 0 Å². The van der Waals surface area contributed by atoms with E-state index in [1.165, 1.54) is 14.2 Å². The largest absolute Gasteiger partial charge is 0.468 e. The van der Waals surface area contributed by atoms with Crippen LogP contribution in [0.2, 0.25) is 0 Å². The normalized spacial score (nSPS) is 13.3. The molecule has 0 fully saturated rings. The Bertz CT molecular complexity index is 2120. The molecule has 254 valence electrons. The number of nitrogens with one attached hydrogen (secondary N) is 5. The number of carbonyl (C=O) groups is 2. The lowest BCUT2D eigenvalue weighted by molar-refractivity contribution is -0.143. The molecule has 0 aliphatic carbocycles. The van der Waals surface area contributed by atoms with Crippen LogP contribution in [-0.2, 0) is 45.2 Å². The molecule has 1 aliphatic rings. The first-order valence-electron chi connectivity index (χ1n) is 14.8. The van der Waals surface area contributed by atoms with Gasteiger partial charge in [0.25, 0.3) is 0 Å². The number of H-pyrrole nitrogens is 4. The summed E-state index contributed by atoms with van der Waals surface area (Å²) in [5, 5.41) is 11.8. The third kappa shape index (κ3) is 8.83. The first-order valence-corrected chi connectivity index (χ1v) is 14.8. The van der Waals surface area contributed by atoms with Crippen molar-refractivity contribution in [3.8, 4) is 0 Å². The molecule has 0 bridgehead atoms. The summed E-state index contributed by atoms with van der Waals surface area (Å²) >= 11 is 0. The summed E-state index contributed by atoms with van der Waals surface area (Å²) in [4.78, 5) is 62.3. The number of hydrogen-bond donors (Lipinski definition) is 6. The molecule has 1 aliphatic heterocycles. The zero-order chi connectivity index (χ0) is 34.6. The highest BCUT2D eigenvalue weighted by Gasteiger charge is 2.26. The Kier molecular flexibility index (Phi) is 11.6. The van der Waals surface area contributed by atoms with Gasteiger partial charge in [-0.15, -0.1) is 0 Å². The molecule has 18 heteroatoms. The van der Waals surface area contributed by atoms with Crippen molar-refractivity contribution in [1.29, 1.82) is 0 Å². The van der Waals surface area contributed by atoms with Crippen LogP contribution in [0.15, 0.2) is 62.1 Å². The van der Waals surface area contributed by atoms with Gasteiger partial charge in [-0.2, -0.15) is 0 Å². The SMILES string of the molecule is COC(=O)[C@@H]1Cc2nc[nH]c2CN1.COC(=O)c1cc2nc[nH]c2cn1.COCc1cc2nc[nH]c2cn1.OCc1cc2nc[nH]c2cn1. The second-order valence-corrected chi connectivity index (χ2v) is 10.3.